The maximum Gasteiger partial charge on any atom is 0.333 e. The van der Waals surface area contributed by atoms with Gasteiger partial charge in [-0.1, -0.05) is 23.7 Å². The monoisotopic (exact) mass is 529 g/mol. The Bertz CT molecular complexity index is 1730. The number of imidazole rings is 1. The van der Waals surface area contributed by atoms with E-state index in [0.29, 0.717) is 28.7 Å². The van der Waals surface area contributed by atoms with Crippen molar-refractivity contribution in [2.75, 3.05) is 0 Å². The summed E-state index contributed by atoms with van der Waals surface area (Å²) in [6.07, 6.45) is 8.60. The number of para-hydroxylation sites is 2. The summed E-state index contributed by atoms with van der Waals surface area (Å²) < 4.78 is 5.34. The van der Waals surface area contributed by atoms with Crippen LogP contribution in [0, 0.1) is 12.8 Å². The van der Waals surface area contributed by atoms with Gasteiger partial charge in [0, 0.05) is 31.2 Å². The van der Waals surface area contributed by atoms with E-state index in [9.17, 15) is 9.59 Å². The van der Waals surface area contributed by atoms with Crippen LogP contribution in [-0.2, 0) is 13.6 Å². The molecule has 0 atom stereocenters. The second-order valence-corrected chi connectivity index (χ2v) is 10.5. The molecule has 1 amide bonds. The number of halogens is 1. The fraction of sp³-hybridized carbons (Fsp3) is 0.321. The van der Waals surface area contributed by atoms with E-state index in [4.69, 9.17) is 11.6 Å². The number of amides is 1. The topological polar surface area (TPSA) is 99.6 Å². The fourth-order valence-corrected chi connectivity index (χ4v) is 5.69. The number of pyridine rings is 2. The molecule has 1 N–H and O–H groups in total. The molecule has 194 valence electrons. The lowest BCUT2D eigenvalue weighted by Crippen LogP contribution is -2.39. The maximum absolute atomic E-state index is 13.7. The van der Waals surface area contributed by atoms with Crippen molar-refractivity contribution >= 4 is 39.6 Å². The highest BCUT2D eigenvalue weighted by molar-refractivity contribution is 6.30. The molecule has 1 aliphatic carbocycles. The van der Waals surface area contributed by atoms with Gasteiger partial charge in [0.25, 0.3) is 5.91 Å². The van der Waals surface area contributed by atoms with Gasteiger partial charge in [-0.05, 0) is 62.8 Å². The zero-order valence-corrected chi connectivity index (χ0v) is 22.0. The predicted molar refractivity (Wildman–Crippen MR) is 147 cm³/mol. The Morgan fingerprint density at radius 1 is 1.05 bits per heavy atom. The Morgan fingerprint density at radius 3 is 2.61 bits per heavy atom. The van der Waals surface area contributed by atoms with Crippen LogP contribution in [0.4, 0.5) is 0 Å². The van der Waals surface area contributed by atoms with Crippen molar-refractivity contribution in [1.29, 1.82) is 0 Å². The molecule has 5 aromatic rings. The molecule has 1 aliphatic rings. The van der Waals surface area contributed by atoms with Gasteiger partial charge in [0.15, 0.2) is 5.65 Å². The number of hydrogen-bond donors (Lipinski definition) is 1. The van der Waals surface area contributed by atoms with Gasteiger partial charge in [-0.15, -0.1) is 0 Å². The first-order valence-electron chi connectivity index (χ1n) is 12.8. The normalized spacial score (nSPS) is 17.8. The van der Waals surface area contributed by atoms with E-state index in [2.05, 4.69) is 20.4 Å². The van der Waals surface area contributed by atoms with Gasteiger partial charge in [0.05, 0.1) is 45.4 Å². The molecular weight excluding hydrogens is 502 g/mol. The van der Waals surface area contributed by atoms with Gasteiger partial charge in [-0.25, -0.2) is 9.78 Å². The van der Waals surface area contributed by atoms with Crippen LogP contribution in [0.25, 0.3) is 27.8 Å². The van der Waals surface area contributed by atoms with E-state index >= 15 is 0 Å². The van der Waals surface area contributed by atoms with Crippen LogP contribution in [0.5, 0.6) is 0 Å². The molecule has 0 spiro atoms. The Labute approximate surface area is 224 Å². The SMILES string of the molecule is Cc1ncc(Cl)cc1C(=O)N[C@H]1CC[C@H](Cn2c(=O)n(-c3cnc4c(cnn4C)c3)c3ccccc32)CC1. The van der Waals surface area contributed by atoms with Crippen molar-refractivity contribution in [1.82, 2.24) is 34.2 Å². The Morgan fingerprint density at radius 2 is 1.82 bits per heavy atom. The van der Waals surface area contributed by atoms with Crippen LogP contribution in [0.2, 0.25) is 5.02 Å². The number of hydrogen-bond acceptors (Lipinski definition) is 5. The summed E-state index contributed by atoms with van der Waals surface area (Å²) in [6, 6.07) is 11.6. The average Bonchev–Trinajstić information content (AvgIpc) is 3.42. The fourth-order valence-electron chi connectivity index (χ4n) is 5.54. The Balaban J connectivity index is 1.20. The van der Waals surface area contributed by atoms with Crippen molar-refractivity contribution in [3.05, 3.63) is 81.8 Å². The second kappa shape index (κ2) is 9.72. The third kappa shape index (κ3) is 4.36. The molecule has 0 bridgehead atoms. The molecule has 6 rings (SSSR count). The van der Waals surface area contributed by atoms with Crippen LogP contribution in [-0.4, -0.2) is 40.8 Å². The predicted octanol–water partition coefficient (Wildman–Crippen LogP) is 4.42. The van der Waals surface area contributed by atoms with Gasteiger partial charge in [-0.2, -0.15) is 5.10 Å². The van der Waals surface area contributed by atoms with Gasteiger partial charge >= 0.3 is 5.69 Å². The summed E-state index contributed by atoms with van der Waals surface area (Å²) >= 11 is 6.04. The first-order chi connectivity index (χ1) is 18.4. The molecule has 1 aromatic carbocycles. The first kappa shape index (κ1) is 24.4. The highest BCUT2D eigenvalue weighted by Gasteiger charge is 2.26. The molecule has 0 saturated heterocycles. The van der Waals surface area contributed by atoms with E-state index < -0.39 is 0 Å². The smallest absolute Gasteiger partial charge is 0.333 e. The zero-order chi connectivity index (χ0) is 26.4. The largest absolute Gasteiger partial charge is 0.349 e. The van der Waals surface area contributed by atoms with E-state index in [0.717, 1.165) is 53.4 Å². The van der Waals surface area contributed by atoms with Crippen molar-refractivity contribution in [2.24, 2.45) is 13.0 Å². The van der Waals surface area contributed by atoms with Crippen LogP contribution in [0.3, 0.4) is 0 Å². The lowest BCUT2D eigenvalue weighted by atomic mass is 9.85. The van der Waals surface area contributed by atoms with Crippen LogP contribution in [0.1, 0.15) is 41.7 Å². The van der Waals surface area contributed by atoms with Crippen LogP contribution < -0.4 is 11.0 Å². The standard InChI is InChI=1S/C28H28ClN7O2/c1-17-23(12-20(29)14-30-17)27(37)33-21-9-7-18(8-10-21)16-35-24-5-3-4-6-25(24)36(28(35)38)22-11-19-13-32-34(2)26(19)31-15-22/h3-6,11-15,18,21H,7-10,16H2,1-2H3,(H,33,37)/t18-,21-. The van der Waals surface area contributed by atoms with Gasteiger partial charge in [0.1, 0.15) is 0 Å². The number of nitrogens with zero attached hydrogens (tertiary/aromatic N) is 6. The van der Waals surface area contributed by atoms with Crippen molar-refractivity contribution in [3.8, 4) is 5.69 Å². The van der Waals surface area contributed by atoms with Crippen molar-refractivity contribution < 1.29 is 4.79 Å². The number of aromatic nitrogens is 6. The number of fused-ring (bicyclic) bond motifs is 2. The van der Waals surface area contributed by atoms with E-state index in [1.165, 1.54) is 0 Å². The average molecular weight is 530 g/mol. The number of carbonyl (C=O) groups is 1. The highest BCUT2D eigenvalue weighted by Crippen LogP contribution is 2.28. The minimum absolute atomic E-state index is 0.0735. The molecule has 1 fully saturated rings. The van der Waals surface area contributed by atoms with E-state index in [-0.39, 0.29) is 17.6 Å². The molecule has 0 aliphatic heterocycles. The van der Waals surface area contributed by atoms with Crippen molar-refractivity contribution in [2.45, 2.75) is 45.2 Å². The summed E-state index contributed by atoms with van der Waals surface area (Å²) in [6.45, 7) is 2.44. The molecule has 0 unspecified atom stereocenters. The lowest BCUT2D eigenvalue weighted by Gasteiger charge is -2.29. The quantitative estimate of drug-likeness (QED) is 0.363. The number of carbonyl (C=O) groups excluding carboxylic acids is 1. The Kier molecular flexibility index (Phi) is 6.23. The van der Waals surface area contributed by atoms with Gasteiger partial charge in [-0.3, -0.25) is 23.6 Å². The molecule has 9 nitrogen and oxygen atoms in total. The summed E-state index contributed by atoms with van der Waals surface area (Å²) in [5.74, 6) is 0.202. The summed E-state index contributed by atoms with van der Waals surface area (Å²) in [5.41, 5.74) is 4.36. The highest BCUT2D eigenvalue weighted by atomic mass is 35.5. The van der Waals surface area contributed by atoms with Gasteiger partial charge < -0.3 is 5.32 Å². The third-order valence-corrected chi connectivity index (χ3v) is 7.78. The summed E-state index contributed by atoms with van der Waals surface area (Å²) in [4.78, 5) is 35.3. The van der Waals surface area contributed by atoms with E-state index in [1.807, 2.05) is 41.9 Å². The molecular formula is C28H28ClN7O2. The summed E-state index contributed by atoms with van der Waals surface area (Å²) in [5, 5.41) is 8.76. The molecule has 4 heterocycles. The number of benzene rings is 1. The van der Waals surface area contributed by atoms with E-state index in [1.54, 1.807) is 40.8 Å². The number of rotatable bonds is 5. The maximum atomic E-state index is 13.7. The molecule has 0 radical (unpaired) electrons. The lowest BCUT2D eigenvalue weighted by molar-refractivity contribution is 0.0919. The zero-order valence-electron chi connectivity index (χ0n) is 21.3. The molecule has 1 saturated carbocycles. The molecule has 4 aromatic heterocycles. The summed E-state index contributed by atoms with van der Waals surface area (Å²) in [7, 11) is 1.85. The Hall–Kier alpha value is -3.98. The number of nitrogens with one attached hydrogen (secondary N) is 1. The molecule has 10 heteroatoms. The van der Waals surface area contributed by atoms with Crippen molar-refractivity contribution in [3.63, 3.8) is 0 Å². The number of aryl methyl sites for hydroxylation is 2. The second-order valence-electron chi connectivity index (χ2n) is 10.1. The first-order valence-corrected chi connectivity index (χ1v) is 13.2. The molecule has 38 heavy (non-hydrogen) atoms. The van der Waals surface area contributed by atoms with Crippen LogP contribution in [0.15, 0.2) is 59.8 Å². The minimum Gasteiger partial charge on any atom is -0.349 e. The minimum atomic E-state index is -0.139. The third-order valence-electron chi connectivity index (χ3n) is 7.57. The van der Waals surface area contributed by atoms with Crippen LogP contribution >= 0.6 is 11.6 Å². The van der Waals surface area contributed by atoms with Gasteiger partial charge in [0.2, 0.25) is 0 Å².